The van der Waals surface area contributed by atoms with Crippen LogP contribution < -0.4 is 10.2 Å². The fraction of sp³-hybridized carbons (Fsp3) is 0.304. The van der Waals surface area contributed by atoms with Crippen molar-refractivity contribution in [1.82, 2.24) is 0 Å². The lowest BCUT2D eigenvalue weighted by Crippen LogP contribution is -2.23. The van der Waals surface area contributed by atoms with Crippen molar-refractivity contribution in [1.29, 1.82) is 0 Å². The largest absolute Gasteiger partial charge is 0.322 e. The summed E-state index contributed by atoms with van der Waals surface area (Å²) in [5.74, 6) is 0.0145. The van der Waals surface area contributed by atoms with Crippen LogP contribution in [-0.4, -0.2) is 18.4 Å². The lowest BCUT2D eigenvalue weighted by Gasteiger charge is -2.22. The average Bonchev–Trinajstić information content (AvgIpc) is 3.06. The monoisotopic (exact) mass is 362 g/mol. The van der Waals surface area contributed by atoms with E-state index in [1.165, 1.54) is 6.08 Å². The molecule has 27 heavy (non-hydrogen) atoms. The van der Waals surface area contributed by atoms with E-state index in [2.05, 4.69) is 26.1 Å². The first-order chi connectivity index (χ1) is 12.8. The highest BCUT2D eigenvalue weighted by Gasteiger charge is 2.21. The van der Waals surface area contributed by atoms with E-state index >= 15 is 0 Å². The van der Waals surface area contributed by atoms with Crippen LogP contribution in [0.5, 0.6) is 0 Å². The molecule has 2 amide bonds. The van der Waals surface area contributed by atoms with E-state index < -0.39 is 0 Å². The molecule has 1 saturated heterocycles. The molecule has 1 aliphatic rings. The lowest BCUT2D eigenvalue weighted by atomic mass is 9.86. The summed E-state index contributed by atoms with van der Waals surface area (Å²) in [6, 6.07) is 15.6. The van der Waals surface area contributed by atoms with Gasteiger partial charge < -0.3 is 10.2 Å². The fourth-order valence-electron chi connectivity index (χ4n) is 3.28. The van der Waals surface area contributed by atoms with E-state index in [4.69, 9.17) is 0 Å². The quantitative estimate of drug-likeness (QED) is 0.797. The summed E-state index contributed by atoms with van der Waals surface area (Å²) in [6.45, 7) is 7.16. The number of para-hydroxylation sites is 1. The first-order valence-corrected chi connectivity index (χ1v) is 9.33. The van der Waals surface area contributed by atoms with Crippen molar-refractivity contribution in [2.75, 3.05) is 16.8 Å². The first-order valence-electron chi connectivity index (χ1n) is 9.33. The van der Waals surface area contributed by atoms with Gasteiger partial charge in [-0.15, -0.1) is 0 Å². The van der Waals surface area contributed by atoms with E-state index in [0.29, 0.717) is 6.42 Å². The predicted molar refractivity (Wildman–Crippen MR) is 111 cm³/mol. The van der Waals surface area contributed by atoms with Gasteiger partial charge in [-0.2, -0.15) is 0 Å². The number of carbonyl (C=O) groups is 2. The summed E-state index contributed by atoms with van der Waals surface area (Å²) >= 11 is 0. The van der Waals surface area contributed by atoms with Crippen LogP contribution in [-0.2, 0) is 15.0 Å². The second kappa shape index (κ2) is 7.78. The van der Waals surface area contributed by atoms with Gasteiger partial charge in [0, 0.05) is 30.4 Å². The summed E-state index contributed by atoms with van der Waals surface area (Å²) in [5.41, 5.74) is 3.73. The Hall–Kier alpha value is -2.88. The van der Waals surface area contributed by atoms with Crippen LogP contribution in [0.3, 0.4) is 0 Å². The SMILES string of the molecule is CC(C)(C)c1ccccc1NC(=O)/C=C/c1ccc(N2CCCC2=O)cc1. The number of nitrogens with one attached hydrogen (secondary N) is 1. The molecule has 1 N–H and O–H groups in total. The van der Waals surface area contributed by atoms with Crippen LogP contribution in [0.25, 0.3) is 6.08 Å². The van der Waals surface area contributed by atoms with E-state index in [9.17, 15) is 9.59 Å². The number of anilines is 2. The van der Waals surface area contributed by atoms with E-state index in [1.807, 2.05) is 53.4 Å². The molecule has 0 spiro atoms. The Morgan fingerprint density at radius 1 is 1.07 bits per heavy atom. The fourth-order valence-corrected chi connectivity index (χ4v) is 3.28. The molecule has 1 heterocycles. The Morgan fingerprint density at radius 2 is 1.78 bits per heavy atom. The van der Waals surface area contributed by atoms with Crippen molar-refractivity contribution in [3.63, 3.8) is 0 Å². The minimum atomic E-state index is -0.162. The molecule has 0 aliphatic carbocycles. The van der Waals surface area contributed by atoms with E-state index in [0.717, 1.165) is 35.5 Å². The minimum absolute atomic E-state index is 0.0452. The highest BCUT2D eigenvalue weighted by molar-refractivity contribution is 6.02. The van der Waals surface area contributed by atoms with Gasteiger partial charge in [-0.05, 0) is 47.2 Å². The standard InChI is InChI=1S/C23H26N2O2/c1-23(2,3)19-7-4-5-8-20(19)24-21(26)15-12-17-10-13-18(14-11-17)25-16-6-9-22(25)27/h4-5,7-8,10-15H,6,9,16H2,1-3H3,(H,24,26)/b15-12+. The van der Waals surface area contributed by atoms with Gasteiger partial charge in [0.2, 0.25) is 11.8 Å². The Kier molecular flexibility index (Phi) is 5.45. The van der Waals surface area contributed by atoms with Gasteiger partial charge in [0.05, 0.1) is 0 Å². The number of benzene rings is 2. The third kappa shape index (κ3) is 4.64. The molecular weight excluding hydrogens is 336 g/mol. The van der Waals surface area contributed by atoms with Gasteiger partial charge >= 0.3 is 0 Å². The zero-order valence-electron chi connectivity index (χ0n) is 16.2. The zero-order valence-corrected chi connectivity index (χ0v) is 16.2. The van der Waals surface area contributed by atoms with Gasteiger partial charge in [0.1, 0.15) is 0 Å². The van der Waals surface area contributed by atoms with Crippen molar-refractivity contribution < 1.29 is 9.59 Å². The van der Waals surface area contributed by atoms with Crippen molar-refractivity contribution >= 4 is 29.3 Å². The normalized spacial score (nSPS) is 14.8. The van der Waals surface area contributed by atoms with Gasteiger partial charge in [-0.25, -0.2) is 0 Å². The first kappa shape index (κ1) is 18.9. The van der Waals surface area contributed by atoms with Gasteiger partial charge in [-0.1, -0.05) is 51.1 Å². The molecule has 0 saturated carbocycles. The summed E-state index contributed by atoms with van der Waals surface area (Å²) in [4.78, 5) is 25.9. The third-order valence-corrected chi connectivity index (χ3v) is 4.70. The van der Waals surface area contributed by atoms with Crippen LogP contribution in [0.2, 0.25) is 0 Å². The summed E-state index contributed by atoms with van der Waals surface area (Å²) in [7, 11) is 0. The summed E-state index contributed by atoms with van der Waals surface area (Å²) in [5, 5.41) is 2.97. The highest BCUT2D eigenvalue weighted by atomic mass is 16.2. The second-order valence-electron chi connectivity index (χ2n) is 7.86. The molecule has 4 heteroatoms. The molecule has 2 aromatic carbocycles. The minimum Gasteiger partial charge on any atom is -0.322 e. The Balaban J connectivity index is 1.66. The summed E-state index contributed by atoms with van der Waals surface area (Å²) in [6.07, 6.45) is 4.86. The molecule has 0 aromatic heterocycles. The van der Waals surface area contributed by atoms with Crippen molar-refractivity contribution in [2.24, 2.45) is 0 Å². The zero-order chi connectivity index (χ0) is 19.4. The maximum absolute atomic E-state index is 12.3. The third-order valence-electron chi connectivity index (χ3n) is 4.70. The molecule has 0 atom stereocenters. The van der Waals surface area contributed by atoms with Gasteiger partial charge in [0.25, 0.3) is 0 Å². The predicted octanol–water partition coefficient (Wildman–Crippen LogP) is 4.76. The Labute approximate surface area is 160 Å². The van der Waals surface area contributed by atoms with Crippen LogP contribution >= 0.6 is 0 Å². The summed E-state index contributed by atoms with van der Waals surface area (Å²) < 4.78 is 0. The Bertz CT molecular complexity index is 861. The Morgan fingerprint density at radius 3 is 2.41 bits per heavy atom. The smallest absolute Gasteiger partial charge is 0.248 e. The van der Waals surface area contributed by atoms with E-state index in [-0.39, 0.29) is 17.2 Å². The second-order valence-corrected chi connectivity index (χ2v) is 7.86. The lowest BCUT2D eigenvalue weighted by molar-refractivity contribution is -0.117. The number of rotatable bonds is 4. The molecule has 0 unspecified atom stereocenters. The maximum Gasteiger partial charge on any atom is 0.248 e. The molecule has 140 valence electrons. The molecule has 4 nitrogen and oxygen atoms in total. The number of hydrogen-bond acceptors (Lipinski definition) is 2. The number of hydrogen-bond donors (Lipinski definition) is 1. The van der Waals surface area contributed by atoms with Crippen molar-refractivity contribution in [3.05, 3.63) is 65.7 Å². The van der Waals surface area contributed by atoms with E-state index in [1.54, 1.807) is 6.08 Å². The van der Waals surface area contributed by atoms with Crippen molar-refractivity contribution in [2.45, 2.75) is 39.0 Å². The van der Waals surface area contributed by atoms with Gasteiger partial charge in [-0.3, -0.25) is 9.59 Å². The molecule has 3 rings (SSSR count). The molecule has 0 bridgehead atoms. The molecule has 0 radical (unpaired) electrons. The average molecular weight is 362 g/mol. The molecule has 2 aromatic rings. The maximum atomic E-state index is 12.3. The van der Waals surface area contributed by atoms with Gasteiger partial charge in [0.15, 0.2) is 0 Å². The molecule has 1 fully saturated rings. The molecule has 1 aliphatic heterocycles. The number of nitrogens with zero attached hydrogens (tertiary/aromatic N) is 1. The van der Waals surface area contributed by atoms with Crippen LogP contribution in [0.1, 0.15) is 44.7 Å². The van der Waals surface area contributed by atoms with Crippen LogP contribution in [0.15, 0.2) is 54.6 Å². The number of carbonyl (C=O) groups excluding carboxylic acids is 2. The number of amides is 2. The van der Waals surface area contributed by atoms with Crippen LogP contribution in [0, 0.1) is 0 Å². The topological polar surface area (TPSA) is 49.4 Å². The highest BCUT2D eigenvalue weighted by Crippen LogP contribution is 2.29. The van der Waals surface area contributed by atoms with Crippen molar-refractivity contribution in [3.8, 4) is 0 Å². The van der Waals surface area contributed by atoms with Crippen LogP contribution in [0.4, 0.5) is 11.4 Å². The molecular formula is C23H26N2O2.